The van der Waals surface area contributed by atoms with E-state index in [1.165, 1.54) is 0 Å². The molecule has 0 bridgehead atoms. The fourth-order valence-corrected chi connectivity index (χ4v) is 2.58. The molecule has 3 unspecified atom stereocenters. The zero-order valence-electron chi connectivity index (χ0n) is 10.1. The van der Waals surface area contributed by atoms with Crippen molar-refractivity contribution in [2.45, 2.75) is 44.8 Å². The average Bonchev–Trinajstić information content (AvgIpc) is 2.73. The number of carboxylic acids is 1. The predicted octanol–water partition coefficient (Wildman–Crippen LogP) is 0.877. The molecule has 17 heavy (non-hydrogen) atoms. The van der Waals surface area contributed by atoms with E-state index in [4.69, 9.17) is 9.84 Å². The van der Waals surface area contributed by atoms with Gasteiger partial charge in [0, 0.05) is 19.0 Å². The van der Waals surface area contributed by atoms with Gasteiger partial charge in [-0.25, -0.2) is 4.79 Å². The summed E-state index contributed by atoms with van der Waals surface area (Å²) in [5.74, 6) is -0.620. The smallest absolute Gasteiger partial charge is 0.332 e. The second-order valence-electron chi connectivity index (χ2n) is 4.99. The molecule has 2 fully saturated rings. The summed E-state index contributed by atoms with van der Waals surface area (Å²) in [6, 6.07) is 0. The van der Waals surface area contributed by atoms with Crippen molar-refractivity contribution in [3.8, 4) is 0 Å². The maximum Gasteiger partial charge on any atom is 0.332 e. The summed E-state index contributed by atoms with van der Waals surface area (Å²) in [5, 5.41) is 8.83. The number of ether oxygens (including phenoxy) is 1. The van der Waals surface area contributed by atoms with E-state index in [1.54, 1.807) is 0 Å². The van der Waals surface area contributed by atoms with Gasteiger partial charge in [-0.3, -0.25) is 4.79 Å². The molecule has 0 saturated carbocycles. The highest BCUT2D eigenvalue weighted by molar-refractivity contribution is 5.79. The normalized spacial score (nSPS) is 34.1. The van der Waals surface area contributed by atoms with Gasteiger partial charge in [0.15, 0.2) is 6.10 Å². The Hall–Kier alpha value is -1.10. The van der Waals surface area contributed by atoms with E-state index in [0.717, 1.165) is 25.8 Å². The molecule has 2 saturated heterocycles. The van der Waals surface area contributed by atoms with Crippen LogP contribution in [0, 0.1) is 5.92 Å². The summed E-state index contributed by atoms with van der Waals surface area (Å²) in [7, 11) is 0. The number of amides is 1. The fraction of sp³-hybridized carbons (Fsp3) is 0.833. The van der Waals surface area contributed by atoms with E-state index in [-0.39, 0.29) is 17.9 Å². The van der Waals surface area contributed by atoms with E-state index in [1.807, 2.05) is 11.8 Å². The Morgan fingerprint density at radius 2 is 2.24 bits per heavy atom. The lowest BCUT2D eigenvalue weighted by molar-refractivity contribution is -0.150. The Kier molecular flexibility index (Phi) is 3.66. The average molecular weight is 241 g/mol. The Balaban J connectivity index is 1.85. The number of carbonyl (C=O) groups is 2. The summed E-state index contributed by atoms with van der Waals surface area (Å²) < 4.78 is 5.42. The largest absolute Gasteiger partial charge is 0.479 e. The van der Waals surface area contributed by atoms with Crippen molar-refractivity contribution in [3.05, 3.63) is 0 Å². The SMILES string of the molecule is CC1CCCN(CC2CCC(C(=O)O)O2)C1=O. The molecule has 96 valence electrons. The van der Waals surface area contributed by atoms with E-state index < -0.39 is 12.1 Å². The molecule has 0 aliphatic carbocycles. The Bertz CT molecular complexity index is 318. The molecule has 1 N–H and O–H groups in total. The van der Waals surface area contributed by atoms with Gasteiger partial charge in [-0.1, -0.05) is 6.92 Å². The first-order valence-electron chi connectivity index (χ1n) is 6.25. The fourth-order valence-electron chi connectivity index (χ4n) is 2.58. The number of aliphatic carboxylic acids is 1. The molecule has 2 aliphatic heterocycles. The van der Waals surface area contributed by atoms with Crippen LogP contribution >= 0.6 is 0 Å². The van der Waals surface area contributed by atoms with E-state index in [0.29, 0.717) is 13.0 Å². The predicted molar refractivity (Wildman–Crippen MR) is 60.5 cm³/mol. The zero-order valence-corrected chi connectivity index (χ0v) is 10.1. The minimum absolute atomic E-state index is 0.0976. The molecule has 0 aromatic heterocycles. The van der Waals surface area contributed by atoms with E-state index >= 15 is 0 Å². The van der Waals surface area contributed by atoms with E-state index in [2.05, 4.69) is 0 Å². The molecule has 5 nitrogen and oxygen atoms in total. The molecule has 5 heteroatoms. The molecule has 2 rings (SSSR count). The minimum atomic E-state index is -0.897. The molecule has 0 aromatic rings. The lowest BCUT2D eigenvalue weighted by Gasteiger charge is -2.32. The van der Waals surface area contributed by atoms with Crippen LogP contribution in [-0.4, -0.2) is 47.2 Å². The summed E-state index contributed by atoms with van der Waals surface area (Å²) in [5.41, 5.74) is 0. The third kappa shape index (κ3) is 2.77. The lowest BCUT2D eigenvalue weighted by Crippen LogP contribution is -2.44. The highest BCUT2D eigenvalue weighted by atomic mass is 16.5. The first-order valence-corrected chi connectivity index (χ1v) is 6.25. The third-order valence-electron chi connectivity index (χ3n) is 3.61. The van der Waals surface area contributed by atoms with E-state index in [9.17, 15) is 9.59 Å². The van der Waals surface area contributed by atoms with Crippen molar-refractivity contribution in [2.24, 2.45) is 5.92 Å². The maximum absolute atomic E-state index is 11.9. The third-order valence-corrected chi connectivity index (χ3v) is 3.61. The van der Waals surface area contributed by atoms with Crippen LogP contribution in [-0.2, 0) is 14.3 Å². The molecule has 2 aliphatic rings. The Morgan fingerprint density at radius 1 is 1.47 bits per heavy atom. The number of hydrogen-bond donors (Lipinski definition) is 1. The van der Waals surface area contributed by atoms with Crippen LogP contribution in [0.4, 0.5) is 0 Å². The number of piperidine rings is 1. The van der Waals surface area contributed by atoms with Gasteiger partial charge in [0.2, 0.25) is 5.91 Å². The molecule has 0 radical (unpaired) electrons. The van der Waals surface area contributed by atoms with Crippen LogP contribution in [0.25, 0.3) is 0 Å². The second kappa shape index (κ2) is 5.04. The second-order valence-corrected chi connectivity index (χ2v) is 4.99. The van der Waals surface area contributed by atoms with Crippen LogP contribution in [0.1, 0.15) is 32.6 Å². The van der Waals surface area contributed by atoms with Gasteiger partial charge in [0.05, 0.1) is 6.10 Å². The molecule has 0 aromatic carbocycles. The number of likely N-dealkylation sites (tertiary alicyclic amines) is 1. The highest BCUT2D eigenvalue weighted by Crippen LogP contribution is 2.23. The van der Waals surface area contributed by atoms with Crippen LogP contribution in [0.15, 0.2) is 0 Å². The van der Waals surface area contributed by atoms with Crippen molar-refractivity contribution in [2.75, 3.05) is 13.1 Å². The standard InChI is InChI=1S/C12H19NO4/c1-8-3-2-6-13(11(8)14)7-9-4-5-10(17-9)12(15)16/h8-10H,2-7H2,1H3,(H,15,16). The number of nitrogens with zero attached hydrogens (tertiary/aromatic N) is 1. The minimum Gasteiger partial charge on any atom is -0.479 e. The van der Waals surface area contributed by atoms with Crippen LogP contribution in [0.5, 0.6) is 0 Å². The van der Waals surface area contributed by atoms with Gasteiger partial charge in [-0.05, 0) is 25.7 Å². The molecule has 2 heterocycles. The van der Waals surface area contributed by atoms with Gasteiger partial charge in [0.25, 0.3) is 0 Å². The number of hydrogen-bond acceptors (Lipinski definition) is 3. The number of carbonyl (C=O) groups excluding carboxylic acids is 1. The maximum atomic E-state index is 11.9. The molecule has 1 amide bonds. The van der Waals surface area contributed by atoms with Crippen molar-refractivity contribution >= 4 is 11.9 Å². The summed E-state index contributed by atoms with van der Waals surface area (Å²) >= 11 is 0. The van der Waals surface area contributed by atoms with Crippen molar-refractivity contribution < 1.29 is 19.4 Å². The first-order chi connectivity index (χ1) is 8.08. The van der Waals surface area contributed by atoms with Crippen molar-refractivity contribution in [1.82, 2.24) is 4.90 Å². The number of rotatable bonds is 3. The van der Waals surface area contributed by atoms with Gasteiger partial charge < -0.3 is 14.7 Å². The summed E-state index contributed by atoms with van der Waals surface area (Å²) in [6.07, 6.45) is 2.48. The summed E-state index contributed by atoms with van der Waals surface area (Å²) in [6.45, 7) is 3.28. The topological polar surface area (TPSA) is 66.8 Å². The van der Waals surface area contributed by atoms with Crippen LogP contribution < -0.4 is 0 Å². The molecule has 0 spiro atoms. The van der Waals surface area contributed by atoms with Gasteiger partial charge in [0.1, 0.15) is 0 Å². The lowest BCUT2D eigenvalue weighted by atomic mass is 9.99. The first kappa shape index (κ1) is 12.4. The Morgan fingerprint density at radius 3 is 2.88 bits per heavy atom. The van der Waals surface area contributed by atoms with Crippen molar-refractivity contribution in [1.29, 1.82) is 0 Å². The molecule has 3 atom stereocenters. The van der Waals surface area contributed by atoms with Gasteiger partial charge >= 0.3 is 5.97 Å². The number of carboxylic acid groups (broad SMARTS) is 1. The molecular weight excluding hydrogens is 222 g/mol. The van der Waals surface area contributed by atoms with Crippen molar-refractivity contribution in [3.63, 3.8) is 0 Å². The highest BCUT2D eigenvalue weighted by Gasteiger charge is 2.34. The summed E-state index contributed by atoms with van der Waals surface area (Å²) in [4.78, 5) is 24.5. The van der Waals surface area contributed by atoms with Crippen LogP contribution in [0.3, 0.4) is 0 Å². The quantitative estimate of drug-likeness (QED) is 0.796. The van der Waals surface area contributed by atoms with Gasteiger partial charge in [-0.15, -0.1) is 0 Å². The zero-order chi connectivity index (χ0) is 12.4. The van der Waals surface area contributed by atoms with Gasteiger partial charge in [-0.2, -0.15) is 0 Å². The van der Waals surface area contributed by atoms with Crippen LogP contribution in [0.2, 0.25) is 0 Å². The monoisotopic (exact) mass is 241 g/mol. The Labute approximate surface area is 101 Å². The molecular formula is C12H19NO4.